The molecule has 2 fully saturated rings. The van der Waals surface area contributed by atoms with Gasteiger partial charge in [-0.25, -0.2) is 0 Å². The number of carbonyl (C=O) groups excluding carboxylic acids is 3. The van der Waals surface area contributed by atoms with E-state index >= 15 is 0 Å². The summed E-state index contributed by atoms with van der Waals surface area (Å²) in [7, 11) is 0. The zero-order valence-electron chi connectivity index (χ0n) is 17.6. The Balaban J connectivity index is 1.84. The van der Waals surface area contributed by atoms with E-state index < -0.39 is 35.0 Å². The number of hydrogen-bond acceptors (Lipinski definition) is 6. The van der Waals surface area contributed by atoms with Crippen molar-refractivity contribution in [3.8, 4) is 0 Å². The number of unbranched alkanes of at least 4 members (excludes halogenated alkanes) is 1. The fraction of sp³-hybridized carbons (Fsp3) is 0.682. The molecule has 8 nitrogen and oxygen atoms in total. The average Bonchev–Trinajstić information content (AvgIpc) is 3.00. The Labute approximate surface area is 176 Å². The van der Waals surface area contributed by atoms with Gasteiger partial charge in [0.1, 0.15) is 29.8 Å². The monoisotopic (exact) mass is 418 g/mol. The number of carbonyl (C=O) groups is 3. The summed E-state index contributed by atoms with van der Waals surface area (Å²) in [6.07, 6.45) is 9.54. The van der Waals surface area contributed by atoms with Crippen LogP contribution in [-0.2, 0) is 23.9 Å². The van der Waals surface area contributed by atoms with E-state index in [2.05, 4.69) is 6.92 Å². The van der Waals surface area contributed by atoms with Gasteiger partial charge in [-0.15, -0.1) is 0 Å². The predicted octanol–water partition coefficient (Wildman–Crippen LogP) is 0.651. The first-order chi connectivity index (χ1) is 14.5. The van der Waals surface area contributed by atoms with Crippen LogP contribution in [0.15, 0.2) is 24.3 Å². The Morgan fingerprint density at radius 2 is 1.90 bits per heavy atom. The third-order valence-electron chi connectivity index (χ3n) is 6.90. The highest BCUT2D eigenvalue weighted by atomic mass is 16.6. The molecule has 4 aliphatic rings. The summed E-state index contributed by atoms with van der Waals surface area (Å²) in [6.45, 7) is 4.87. The number of β-amino-alcohol motifs (C(OH)–C–C–N with tert-alkyl or cyclic N) is 1. The lowest BCUT2D eigenvalue weighted by atomic mass is 9.73. The zero-order valence-corrected chi connectivity index (χ0v) is 17.6. The van der Waals surface area contributed by atoms with E-state index in [0.717, 1.165) is 12.8 Å². The maximum Gasteiger partial charge on any atom is 0.313 e. The zero-order chi connectivity index (χ0) is 21.5. The molecule has 2 amide bonds. The van der Waals surface area contributed by atoms with Crippen molar-refractivity contribution in [1.29, 1.82) is 0 Å². The molecule has 0 saturated carbocycles. The van der Waals surface area contributed by atoms with Crippen LogP contribution in [0.5, 0.6) is 0 Å². The number of rotatable bonds is 6. The highest BCUT2D eigenvalue weighted by Gasteiger charge is 2.75. The van der Waals surface area contributed by atoms with Crippen LogP contribution in [0, 0.1) is 11.8 Å². The molecule has 0 aromatic rings. The maximum atomic E-state index is 13.6. The van der Waals surface area contributed by atoms with E-state index in [0.29, 0.717) is 19.5 Å². The number of ether oxygens (including phenoxy) is 2. The number of aliphatic hydroxyl groups excluding tert-OH is 1. The SMILES string of the molecule is CCCCN1CC=C[C@]23O[C@]4(CC)C=CCOC(=O)[C@@H]4[C@H]2C(=O)N(CCO)C3C1=O. The summed E-state index contributed by atoms with van der Waals surface area (Å²) in [5.74, 6) is -2.71. The van der Waals surface area contributed by atoms with E-state index in [1.807, 2.05) is 25.2 Å². The fourth-order valence-corrected chi connectivity index (χ4v) is 5.54. The lowest BCUT2D eigenvalue weighted by molar-refractivity contribution is -0.159. The highest BCUT2D eigenvalue weighted by Crippen LogP contribution is 2.58. The van der Waals surface area contributed by atoms with Gasteiger partial charge in [0.15, 0.2) is 0 Å². The Morgan fingerprint density at radius 3 is 2.60 bits per heavy atom. The molecule has 0 aromatic heterocycles. The van der Waals surface area contributed by atoms with Gasteiger partial charge in [-0.3, -0.25) is 14.4 Å². The molecule has 1 unspecified atom stereocenters. The molecule has 8 heteroatoms. The first kappa shape index (κ1) is 21.1. The predicted molar refractivity (Wildman–Crippen MR) is 107 cm³/mol. The van der Waals surface area contributed by atoms with Gasteiger partial charge >= 0.3 is 5.97 Å². The lowest BCUT2D eigenvalue weighted by Crippen LogP contribution is -2.56. The molecule has 4 aliphatic heterocycles. The van der Waals surface area contributed by atoms with Gasteiger partial charge in [0.2, 0.25) is 11.8 Å². The van der Waals surface area contributed by atoms with Crippen molar-refractivity contribution in [2.75, 3.05) is 32.8 Å². The van der Waals surface area contributed by atoms with Crippen LogP contribution in [0.25, 0.3) is 0 Å². The Morgan fingerprint density at radius 1 is 1.10 bits per heavy atom. The van der Waals surface area contributed by atoms with Crippen molar-refractivity contribution < 1.29 is 29.0 Å². The van der Waals surface area contributed by atoms with Crippen LogP contribution in [0.4, 0.5) is 0 Å². The summed E-state index contributed by atoms with van der Waals surface area (Å²) in [6, 6.07) is -0.908. The number of amides is 2. The Kier molecular flexibility index (Phi) is 5.48. The number of esters is 1. The van der Waals surface area contributed by atoms with Crippen LogP contribution in [0.1, 0.15) is 33.1 Å². The fourth-order valence-electron chi connectivity index (χ4n) is 5.54. The minimum Gasteiger partial charge on any atom is -0.461 e. The van der Waals surface area contributed by atoms with Crippen LogP contribution in [0.2, 0.25) is 0 Å². The Bertz CT molecular complexity index is 794. The summed E-state index contributed by atoms with van der Waals surface area (Å²) in [5, 5.41) is 9.61. The van der Waals surface area contributed by atoms with Crippen molar-refractivity contribution in [2.45, 2.75) is 50.4 Å². The van der Waals surface area contributed by atoms with Gasteiger partial charge < -0.3 is 24.4 Å². The largest absolute Gasteiger partial charge is 0.461 e. The molecule has 4 rings (SSSR count). The van der Waals surface area contributed by atoms with Crippen LogP contribution >= 0.6 is 0 Å². The summed E-state index contributed by atoms with van der Waals surface area (Å²) in [4.78, 5) is 43.4. The second-order valence-corrected chi connectivity index (χ2v) is 8.45. The molecule has 0 aliphatic carbocycles. The molecule has 4 heterocycles. The first-order valence-electron chi connectivity index (χ1n) is 10.9. The van der Waals surface area contributed by atoms with Gasteiger partial charge in [-0.1, -0.05) is 38.5 Å². The van der Waals surface area contributed by atoms with Gasteiger partial charge in [-0.2, -0.15) is 0 Å². The van der Waals surface area contributed by atoms with E-state index in [9.17, 15) is 19.5 Å². The number of nitrogens with zero attached hydrogens (tertiary/aromatic N) is 2. The quantitative estimate of drug-likeness (QED) is 0.503. The highest BCUT2D eigenvalue weighted by molar-refractivity contribution is 5.99. The van der Waals surface area contributed by atoms with Crippen molar-refractivity contribution in [3.63, 3.8) is 0 Å². The molecule has 1 spiro atoms. The van der Waals surface area contributed by atoms with E-state index in [4.69, 9.17) is 9.47 Å². The molecule has 0 radical (unpaired) electrons. The van der Waals surface area contributed by atoms with Gasteiger partial charge in [0, 0.05) is 19.6 Å². The minimum atomic E-state index is -1.26. The topological polar surface area (TPSA) is 96.4 Å². The average molecular weight is 418 g/mol. The van der Waals surface area contributed by atoms with Crippen LogP contribution < -0.4 is 0 Å². The number of cyclic esters (lactones) is 1. The molecule has 0 aromatic carbocycles. The summed E-state index contributed by atoms with van der Waals surface area (Å²) >= 11 is 0. The molecule has 0 bridgehead atoms. The Hall–Kier alpha value is -2.19. The third kappa shape index (κ3) is 2.84. The van der Waals surface area contributed by atoms with Crippen LogP contribution in [0.3, 0.4) is 0 Å². The molecule has 164 valence electrons. The maximum absolute atomic E-state index is 13.6. The number of hydrogen-bond donors (Lipinski definition) is 1. The summed E-state index contributed by atoms with van der Waals surface area (Å²) < 4.78 is 12.0. The minimum absolute atomic E-state index is 0.0169. The third-order valence-corrected chi connectivity index (χ3v) is 6.90. The first-order valence-corrected chi connectivity index (χ1v) is 10.9. The summed E-state index contributed by atoms with van der Waals surface area (Å²) in [5.41, 5.74) is -2.26. The number of fused-ring (bicyclic) bond motifs is 2. The van der Waals surface area contributed by atoms with Crippen molar-refractivity contribution in [3.05, 3.63) is 24.3 Å². The van der Waals surface area contributed by atoms with Gasteiger partial charge in [0.25, 0.3) is 0 Å². The van der Waals surface area contributed by atoms with Gasteiger partial charge in [0.05, 0.1) is 12.5 Å². The molecular formula is C22H30N2O6. The lowest BCUT2D eigenvalue weighted by Gasteiger charge is -2.38. The molecule has 1 N–H and O–H groups in total. The van der Waals surface area contributed by atoms with E-state index in [-0.39, 0.29) is 31.6 Å². The van der Waals surface area contributed by atoms with Gasteiger partial charge in [-0.05, 0) is 18.9 Å². The number of likely N-dealkylation sites (tertiary alicyclic amines) is 1. The molecule has 30 heavy (non-hydrogen) atoms. The van der Waals surface area contributed by atoms with Crippen molar-refractivity contribution in [1.82, 2.24) is 9.80 Å². The van der Waals surface area contributed by atoms with Crippen LogP contribution in [-0.4, -0.2) is 82.8 Å². The smallest absolute Gasteiger partial charge is 0.313 e. The molecular weight excluding hydrogens is 388 g/mol. The molecule has 2 saturated heterocycles. The second-order valence-electron chi connectivity index (χ2n) is 8.45. The van der Waals surface area contributed by atoms with Crippen molar-refractivity contribution >= 4 is 17.8 Å². The molecule has 5 atom stereocenters. The second kappa shape index (κ2) is 7.81. The van der Waals surface area contributed by atoms with E-state index in [1.54, 1.807) is 11.0 Å². The van der Waals surface area contributed by atoms with Crippen molar-refractivity contribution in [2.24, 2.45) is 11.8 Å². The normalized spacial score (nSPS) is 37.6. The number of aliphatic hydroxyl groups is 1. The van der Waals surface area contributed by atoms with E-state index in [1.165, 1.54) is 4.90 Å². The standard InChI is InChI=1S/C22H30N2O6/c1-3-5-10-23-11-6-9-22-15(18(26)24(12-13-25)17(22)19(23)27)16-20(28)29-14-7-8-21(16,4-2)30-22/h6-9,15-17,25H,3-5,10-14H2,1-2H3/t15-,16-,17?,21+,22-/m0/s1.